The summed E-state index contributed by atoms with van der Waals surface area (Å²) in [6.07, 6.45) is 0.993. The van der Waals surface area contributed by atoms with E-state index in [-0.39, 0.29) is 18.6 Å². The monoisotopic (exact) mass is 187 g/mol. The van der Waals surface area contributed by atoms with Gasteiger partial charge in [-0.15, -0.1) is 0 Å². The normalized spacial score (nSPS) is 35.4. The number of ether oxygens (including phenoxy) is 1. The van der Waals surface area contributed by atoms with Gasteiger partial charge in [0.05, 0.1) is 18.6 Å². The Labute approximate surface area is 78.3 Å². The molecule has 1 aliphatic heterocycles. The summed E-state index contributed by atoms with van der Waals surface area (Å²) in [6.45, 7) is 4.71. The van der Waals surface area contributed by atoms with Gasteiger partial charge in [-0.1, -0.05) is 0 Å². The molecule has 0 radical (unpaired) electrons. The van der Waals surface area contributed by atoms with Crippen LogP contribution in [0.3, 0.4) is 0 Å². The number of rotatable bonds is 2. The second-order valence-electron chi connectivity index (χ2n) is 3.71. The van der Waals surface area contributed by atoms with Crippen LogP contribution in [0.25, 0.3) is 0 Å². The third-order valence-electron chi connectivity index (χ3n) is 2.21. The smallest absolute Gasteiger partial charge is 0.306 e. The fraction of sp³-hybridized carbons (Fsp3) is 0.889. The Kier molecular flexibility index (Phi) is 3.69. The van der Waals surface area contributed by atoms with Crippen LogP contribution in [0.4, 0.5) is 0 Å². The molecule has 76 valence electrons. The quantitative estimate of drug-likeness (QED) is 0.665. The fourth-order valence-corrected chi connectivity index (χ4v) is 1.66. The molecule has 2 N–H and O–H groups in total. The summed E-state index contributed by atoms with van der Waals surface area (Å²) in [7, 11) is 0. The van der Waals surface area contributed by atoms with E-state index >= 15 is 0 Å². The molecule has 0 bridgehead atoms. The molecule has 3 unspecified atom stereocenters. The van der Waals surface area contributed by atoms with Crippen LogP contribution in [-0.4, -0.2) is 35.9 Å². The molecule has 0 saturated carbocycles. The van der Waals surface area contributed by atoms with Gasteiger partial charge in [0.15, 0.2) is 0 Å². The molecule has 1 saturated heterocycles. The maximum absolute atomic E-state index is 10.5. The molecule has 0 aromatic carbocycles. The first kappa shape index (κ1) is 10.5. The predicted molar refractivity (Wildman–Crippen MR) is 48.7 cm³/mol. The lowest BCUT2D eigenvalue weighted by Gasteiger charge is -2.16. The van der Waals surface area contributed by atoms with Gasteiger partial charge in [-0.2, -0.15) is 0 Å². The van der Waals surface area contributed by atoms with Gasteiger partial charge in [-0.05, 0) is 20.3 Å². The number of nitrogens with one attached hydrogen (secondary N) is 1. The van der Waals surface area contributed by atoms with Crippen LogP contribution in [0.15, 0.2) is 0 Å². The number of aliphatic carboxylic acids is 1. The van der Waals surface area contributed by atoms with Gasteiger partial charge >= 0.3 is 5.97 Å². The number of hydrogen-bond donors (Lipinski definition) is 2. The number of carbonyl (C=O) groups is 1. The molecule has 0 spiro atoms. The minimum absolute atomic E-state index is 0.0874. The molecule has 0 aromatic rings. The van der Waals surface area contributed by atoms with Crippen LogP contribution in [0, 0.1) is 0 Å². The highest BCUT2D eigenvalue weighted by atomic mass is 16.5. The molecule has 1 heterocycles. The Hall–Kier alpha value is -0.610. The molecule has 13 heavy (non-hydrogen) atoms. The van der Waals surface area contributed by atoms with Crippen molar-refractivity contribution in [2.75, 3.05) is 6.54 Å². The third-order valence-corrected chi connectivity index (χ3v) is 2.21. The van der Waals surface area contributed by atoms with Gasteiger partial charge in [0, 0.05) is 12.6 Å². The second-order valence-corrected chi connectivity index (χ2v) is 3.71. The van der Waals surface area contributed by atoms with Crippen LogP contribution in [0.2, 0.25) is 0 Å². The summed E-state index contributed by atoms with van der Waals surface area (Å²) >= 11 is 0. The van der Waals surface area contributed by atoms with E-state index in [1.54, 1.807) is 0 Å². The Morgan fingerprint density at radius 2 is 2.31 bits per heavy atom. The molecule has 4 nitrogen and oxygen atoms in total. The zero-order chi connectivity index (χ0) is 9.84. The fourth-order valence-electron chi connectivity index (χ4n) is 1.66. The average molecular weight is 187 g/mol. The van der Waals surface area contributed by atoms with Crippen molar-refractivity contribution in [3.8, 4) is 0 Å². The van der Waals surface area contributed by atoms with Gasteiger partial charge in [-0.25, -0.2) is 0 Å². The van der Waals surface area contributed by atoms with Crippen molar-refractivity contribution in [3.05, 3.63) is 0 Å². The Morgan fingerprint density at radius 1 is 1.62 bits per heavy atom. The van der Waals surface area contributed by atoms with Crippen molar-refractivity contribution in [2.45, 2.75) is 44.9 Å². The van der Waals surface area contributed by atoms with E-state index in [4.69, 9.17) is 9.84 Å². The van der Waals surface area contributed by atoms with Crippen LogP contribution < -0.4 is 5.32 Å². The molecular weight excluding hydrogens is 170 g/mol. The lowest BCUT2D eigenvalue weighted by Crippen LogP contribution is -2.32. The predicted octanol–water partition coefficient (Wildman–Crippen LogP) is 0.617. The summed E-state index contributed by atoms with van der Waals surface area (Å²) in [5.41, 5.74) is 0. The van der Waals surface area contributed by atoms with E-state index in [9.17, 15) is 4.79 Å². The molecule has 4 heteroatoms. The highest BCUT2D eigenvalue weighted by molar-refractivity contribution is 5.67. The summed E-state index contributed by atoms with van der Waals surface area (Å²) in [5, 5.41) is 11.8. The maximum atomic E-state index is 10.5. The van der Waals surface area contributed by atoms with Gasteiger partial charge in [0.2, 0.25) is 0 Å². The van der Waals surface area contributed by atoms with Gasteiger partial charge in [0.1, 0.15) is 0 Å². The lowest BCUT2D eigenvalue weighted by molar-refractivity contribution is -0.140. The summed E-state index contributed by atoms with van der Waals surface area (Å²) < 4.78 is 5.55. The van der Waals surface area contributed by atoms with E-state index in [0.29, 0.717) is 12.6 Å². The number of carboxylic acid groups (broad SMARTS) is 1. The van der Waals surface area contributed by atoms with Crippen molar-refractivity contribution in [3.63, 3.8) is 0 Å². The first-order valence-electron chi connectivity index (χ1n) is 4.68. The van der Waals surface area contributed by atoms with E-state index in [1.165, 1.54) is 0 Å². The summed E-state index contributed by atoms with van der Waals surface area (Å²) in [6, 6.07) is 0.411. The third kappa shape index (κ3) is 3.74. The molecule has 3 atom stereocenters. The van der Waals surface area contributed by atoms with Crippen LogP contribution in [0.5, 0.6) is 0 Å². The average Bonchev–Trinajstić information content (AvgIpc) is 2.11. The number of hydrogen-bond acceptors (Lipinski definition) is 3. The first-order valence-corrected chi connectivity index (χ1v) is 4.68. The van der Waals surface area contributed by atoms with Crippen molar-refractivity contribution >= 4 is 5.97 Å². The summed E-state index contributed by atoms with van der Waals surface area (Å²) in [4.78, 5) is 10.5. The lowest BCUT2D eigenvalue weighted by atomic mass is 10.2. The molecular formula is C9H17NO3. The van der Waals surface area contributed by atoms with Crippen molar-refractivity contribution in [1.82, 2.24) is 5.32 Å². The molecule has 1 aliphatic rings. The van der Waals surface area contributed by atoms with E-state index < -0.39 is 5.97 Å². The van der Waals surface area contributed by atoms with Crippen LogP contribution in [-0.2, 0) is 9.53 Å². The first-order chi connectivity index (χ1) is 6.08. The minimum Gasteiger partial charge on any atom is -0.481 e. The van der Waals surface area contributed by atoms with E-state index in [0.717, 1.165) is 6.42 Å². The SMILES string of the molecule is CC1CC(C)OC(CC(=O)O)CN1. The summed E-state index contributed by atoms with van der Waals surface area (Å²) in [5.74, 6) is -0.798. The number of carboxylic acids is 1. The Bertz CT molecular complexity index is 184. The van der Waals surface area contributed by atoms with Crippen molar-refractivity contribution in [1.29, 1.82) is 0 Å². The highest BCUT2D eigenvalue weighted by Crippen LogP contribution is 2.12. The van der Waals surface area contributed by atoms with Gasteiger partial charge in [-0.3, -0.25) is 4.79 Å². The van der Waals surface area contributed by atoms with Gasteiger partial charge < -0.3 is 15.2 Å². The van der Waals surface area contributed by atoms with Crippen molar-refractivity contribution in [2.24, 2.45) is 0 Å². The minimum atomic E-state index is -0.798. The zero-order valence-corrected chi connectivity index (χ0v) is 8.12. The molecule has 0 amide bonds. The van der Waals surface area contributed by atoms with Gasteiger partial charge in [0.25, 0.3) is 0 Å². The molecule has 0 aliphatic carbocycles. The molecule has 0 aromatic heterocycles. The van der Waals surface area contributed by atoms with Crippen LogP contribution in [0.1, 0.15) is 26.7 Å². The van der Waals surface area contributed by atoms with E-state index in [1.807, 2.05) is 6.92 Å². The standard InChI is InChI=1S/C9H17NO3/c1-6-3-7(2)13-8(5-10-6)4-9(11)12/h6-8,10H,3-5H2,1-2H3,(H,11,12). The van der Waals surface area contributed by atoms with Crippen LogP contribution >= 0.6 is 0 Å². The van der Waals surface area contributed by atoms with E-state index in [2.05, 4.69) is 12.2 Å². The maximum Gasteiger partial charge on any atom is 0.306 e. The van der Waals surface area contributed by atoms with Crippen molar-refractivity contribution < 1.29 is 14.6 Å². The topological polar surface area (TPSA) is 58.6 Å². The molecule has 1 rings (SSSR count). The Balaban J connectivity index is 2.43. The Morgan fingerprint density at radius 3 is 2.92 bits per heavy atom. The largest absolute Gasteiger partial charge is 0.481 e. The zero-order valence-electron chi connectivity index (χ0n) is 8.12. The highest BCUT2D eigenvalue weighted by Gasteiger charge is 2.22. The molecule has 1 fully saturated rings. The second kappa shape index (κ2) is 4.58.